The van der Waals surface area contributed by atoms with Crippen LogP contribution in [0.2, 0.25) is 0 Å². The number of anilines is 1. The second kappa shape index (κ2) is 9.43. The lowest BCUT2D eigenvalue weighted by Crippen LogP contribution is -2.29. The highest BCUT2D eigenvalue weighted by Gasteiger charge is 2.01. The fourth-order valence-electron chi connectivity index (χ4n) is 1.41. The van der Waals surface area contributed by atoms with Crippen LogP contribution in [0.4, 0.5) is 10.1 Å². The molecule has 0 radical (unpaired) electrons. The molecule has 0 saturated heterocycles. The van der Waals surface area contributed by atoms with Gasteiger partial charge in [-0.3, -0.25) is 4.79 Å². The van der Waals surface area contributed by atoms with Gasteiger partial charge in [-0.25, -0.2) is 4.39 Å². The highest BCUT2D eigenvalue weighted by molar-refractivity contribution is 5.92. The minimum Gasteiger partial charge on any atom is -0.394 e. The van der Waals surface area contributed by atoms with E-state index in [2.05, 4.69) is 10.6 Å². The molecule has 0 saturated carbocycles. The number of amides is 1. The molecule has 3 N–H and O–H groups in total. The van der Waals surface area contributed by atoms with Crippen LogP contribution in [-0.4, -0.2) is 43.9 Å². The van der Waals surface area contributed by atoms with Crippen LogP contribution in [0, 0.1) is 5.82 Å². The highest BCUT2D eigenvalue weighted by atomic mass is 19.1. The van der Waals surface area contributed by atoms with Gasteiger partial charge in [0.05, 0.1) is 19.8 Å². The molecule has 0 aliphatic carbocycles. The number of benzene rings is 1. The normalized spacial score (nSPS) is 10.4. The van der Waals surface area contributed by atoms with E-state index in [1.807, 2.05) is 0 Å². The van der Waals surface area contributed by atoms with Gasteiger partial charge in [0.2, 0.25) is 5.91 Å². The molecule has 0 aliphatic heterocycles. The molecule has 0 bridgehead atoms. The van der Waals surface area contributed by atoms with Crippen molar-refractivity contribution in [1.29, 1.82) is 0 Å². The van der Waals surface area contributed by atoms with E-state index in [9.17, 15) is 9.18 Å². The molecule has 1 aromatic rings. The Morgan fingerprint density at radius 3 is 2.68 bits per heavy atom. The Morgan fingerprint density at radius 1 is 1.26 bits per heavy atom. The summed E-state index contributed by atoms with van der Waals surface area (Å²) in [5, 5.41) is 14.1. The van der Waals surface area contributed by atoms with E-state index in [1.165, 1.54) is 24.3 Å². The zero-order valence-corrected chi connectivity index (χ0v) is 10.7. The van der Waals surface area contributed by atoms with Crippen LogP contribution in [0.15, 0.2) is 24.3 Å². The maximum absolute atomic E-state index is 12.6. The number of hydrogen-bond donors (Lipinski definition) is 3. The van der Waals surface area contributed by atoms with Gasteiger partial charge in [0.1, 0.15) is 5.82 Å². The third kappa shape index (κ3) is 7.50. The number of carbonyl (C=O) groups is 1. The Morgan fingerprint density at radius 2 is 2.00 bits per heavy atom. The van der Waals surface area contributed by atoms with Crippen molar-refractivity contribution in [1.82, 2.24) is 5.32 Å². The third-order valence-corrected chi connectivity index (χ3v) is 2.29. The van der Waals surface area contributed by atoms with Crippen molar-refractivity contribution in [3.8, 4) is 0 Å². The first-order valence-corrected chi connectivity index (χ1v) is 6.17. The Labute approximate surface area is 111 Å². The summed E-state index contributed by atoms with van der Waals surface area (Å²) in [6, 6.07) is 5.61. The van der Waals surface area contributed by atoms with Gasteiger partial charge in [-0.1, -0.05) is 0 Å². The van der Waals surface area contributed by atoms with Crippen molar-refractivity contribution in [2.45, 2.75) is 6.42 Å². The van der Waals surface area contributed by atoms with E-state index < -0.39 is 0 Å². The number of ether oxygens (including phenoxy) is 1. The first-order valence-electron chi connectivity index (χ1n) is 6.17. The van der Waals surface area contributed by atoms with E-state index in [0.29, 0.717) is 25.4 Å². The molecule has 0 spiro atoms. The second-order valence-electron chi connectivity index (χ2n) is 3.92. The molecule has 19 heavy (non-hydrogen) atoms. The lowest BCUT2D eigenvalue weighted by Gasteiger charge is -2.07. The summed E-state index contributed by atoms with van der Waals surface area (Å²) in [5.74, 6) is -0.512. The lowest BCUT2D eigenvalue weighted by atomic mass is 10.3. The lowest BCUT2D eigenvalue weighted by molar-refractivity contribution is -0.115. The first-order chi connectivity index (χ1) is 9.22. The SMILES string of the molecule is O=C(CNCCCOCCO)Nc1ccc(F)cc1. The smallest absolute Gasteiger partial charge is 0.238 e. The van der Waals surface area contributed by atoms with E-state index >= 15 is 0 Å². The fourth-order valence-corrected chi connectivity index (χ4v) is 1.41. The quantitative estimate of drug-likeness (QED) is 0.579. The maximum Gasteiger partial charge on any atom is 0.238 e. The molecular formula is C13H19FN2O3. The molecule has 106 valence electrons. The van der Waals surface area contributed by atoms with Crippen molar-refractivity contribution < 1.29 is 19.0 Å². The van der Waals surface area contributed by atoms with Crippen LogP contribution < -0.4 is 10.6 Å². The largest absolute Gasteiger partial charge is 0.394 e. The van der Waals surface area contributed by atoms with Gasteiger partial charge in [-0.2, -0.15) is 0 Å². The van der Waals surface area contributed by atoms with Gasteiger partial charge in [0.15, 0.2) is 0 Å². The molecule has 0 heterocycles. The predicted octanol–water partition coefficient (Wildman–Crippen LogP) is 0.753. The van der Waals surface area contributed by atoms with Crippen LogP contribution in [0.25, 0.3) is 0 Å². The fraction of sp³-hybridized carbons (Fsp3) is 0.462. The molecule has 6 heteroatoms. The summed E-state index contributed by atoms with van der Waals surface area (Å²) in [4.78, 5) is 11.5. The Balaban J connectivity index is 2.06. The zero-order chi connectivity index (χ0) is 13.9. The van der Waals surface area contributed by atoms with Gasteiger partial charge < -0.3 is 20.5 Å². The van der Waals surface area contributed by atoms with Crippen molar-refractivity contribution >= 4 is 11.6 Å². The van der Waals surface area contributed by atoms with E-state index in [0.717, 1.165) is 6.42 Å². The number of carbonyl (C=O) groups excluding carboxylic acids is 1. The van der Waals surface area contributed by atoms with Crippen LogP contribution in [0.5, 0.6) is 0 Å². The van der Waals surface area contributed by atoms with E-state index in [-0.39, 0.29) is 24.9 Å². The Bertz CT molecular complexity index is 371. The van der Waals surface area contributed by atoms with Crippen LogP contribution >= 0.6 is 0 Å². The highest BCUT2D eigenvalue weighted by Crippen LogP contribution is 2.07. The molecule has 0 aromatic heterocycles. The topological polar surface area (TPSA) is 70.6 Å². The van der Waals surface area contributed by atoms with Crippen LogP contribution in [0.3, 0.4) is 0 Å². The van der Waals surface area contributed by atoms with Crippen molar-refractivity contribution in [2.75, 3.05) is 38.2 Å². The van der Waals surface area contributed by atoms with E-state index in [4.69, 9.17) is 9.84 Å². The van der Waals surface area contributed by atoms with Gasteiger partial charge in [0, 0.05) is 12.3 Å². The average Bonchev–Trinajstić information content (AvgIpc) is 2.40. The summed E-state index contributed by atoms with van der Waals surface area (Å²) < 4.78 is 17.7. The molecule has 1 amide bonds. The Kier molecular flexibility index (Phi) is 7.72. The molecule has 0 fully saturated rings. The third-order valence-electron chi connectivity index (χ3n) is 2.29. The predicted molar refractivity (Wildman–Crippen MR) is 70.4 cm³/mol. The van der Waals surface area contributed by atoms with Crippen LogP contribution in [0.1, 0.15) is 6.42 Å². The molecule has 0 unspecified atom stereocenters. The minimum atomic E-state index is -0.334. The molecule has 1 rings (SSSR count). The number of rotatable bonds is 9. The van der Waals surface area contributed by atoms with Crippen LogP contribution in [-0.2, 0) is 9.53 Å². The second-order valence-corrected chi connectivity index (χ2v) is 3.92. The van der Waals surface area contributed by atoms with E-state index in [1.54, 1.807) is 0 Å². The van der Waals surface area contributed by atoms with Gasteiger partial charge in [0.25, 0.3) is 0 Å². The molecule has 1 aromatic carbocycles. The summed E-state index contributed by atoms with van der Waals surface area (Å²) in [6.07, 6.45) is 0.768. The number of nitrogens with one attached hydrogen (secondary N) is 2. The average molecular weight is 270 g/mol. The minimum absolute atomic E-state index is 0.0213. The van der Waals surface area contributed by atoms with Crippen molar-refractivity contribution in [3.05, 3.63) is 30.1 Å². The molecule has 0 aliphatic rings. The summed E-state index contributed by atoms with van der Waals surface area (Å²) >= 11 is 0. The molecular weight excluding hydrogens is 251 g/mol. The standard InChI is InChI=1S/C13H19FN2O3/c14-11-2-4-12(5-3-11)16-13(18)10-15-6-1-8-19-9-7-17/h2-5,15,17H,1,6-10H2,(H,16,18). The number of hydrogen-bond acceptors (Lipinski definition) is 4. The van der Waals surface area contributed by atoms with Crippen molar-refractivity contribution in [2.24, 2.45) is 0 Å². The van der Waals surface area contributed by atoms with Crippen molar-refractivity contribution in [3.63, 3.8) is 0 Å². The number of aliphatic hydroxyl groups is 1. The Hall–Kier alpha value is -1.50. The first kappa shape index (κ1) is 15.6. The molecule has 5 nitrogen and oxygen atoms in total. The van der Waals surface area contributed by atoms with Gasteiger partial charge >= 0.3 is 0 Å². The summed E-state index contributed by atoms with van der Waals surface area (Å²) in [5.41, 5.74) is 0.569. The number of aliphatic hydroxyl groups excluding tert-OH is 1. The monoisotopic (exact) mass is 270 g/mol. The maximum atomic E-state index is 12.6. The zero-order valence-electron chi connectivity index (χ0n) is 10.7. The number of halogens is 1. The summed E-state index contributed by atoms with van der Waals surface area (Å²) in [7, 11) is 0. The van der Waals surface area contributed by atoms with Gasteiger partial charge in [-0.15, -0.1) is 0 Å². The summed E-state index contributed by atoms with van der Waals surface area (Å²) in [6.45, 7) is 1.76. The van der Waals surface area contributed by atoms with Gasteiger partial charge in [-0.05, 0) is 37.2 Å². The molecule has 0 atom stereocenters.